The number of nitrogens with zero attached hydrogens (tertiary/aromatic N) is 5. The number of carbonyl (C=O) groups is 1. The molecule has 11 nitrogen and oxygen atoms in total. The first kappa shape index (κ1) is 29.8. The van der Waals surface area contributed by atoms with Crippen molar-refractivity contribution in [2.75, 3.05) is 56.4 Å². The van der Waals surface area contributed by atoms with Crippen LogP contribution in [0.2, 0.25) is 0 Å². The summed E-state index contributed by atoms with van der Waals surface area (Å²) in [6.45, 7) is 8.15. The summed E-state index contributed by atoms with van der Waals surface area (Å²) >= 11 is 0. The molecule has 3 aromatic rings. The van der Waals surface area contributed by atoms with E-state index in [0.717, 1.165) is 81.0 Å². The maximum absolute atomic E-state index is 11.2. The Balaban J connectivity index is 1.30. The van der Waals surface area contributed by atoms with Crippen molar-refractivity contribution in [2.45, 2.75) is 51.4 Å². The highest BCUT2D eigenvalue weighted by Crippen LogP contribution is 2.24. The molecule has 0 saturated carbocycles. The number of aromatic nitrogens is 3. The summed E-state index contributed by atoms with van der Waals surface area (Å²) in [6.07, 6.45) is 8.35. The molecule has 0 aliphatic carbocycles. The molecule has 2 unspecified atom stereocenters. The lowest BCUT2D eigenvalue weighted by atomic mass is 10.0. The van der Waals surface area contributed by atoms with Gasteiger partial charge in [-0.25, -0.2) is 15.0 Å². The first-order valence-electron chi connectivity index (χ1n) is 15.0. The van der Waals surface area contributed by atoms with Crippen LogP contribution in [0.25, 0.3) is 11.1 Å². The van der Waals surface area contributed by atoms with Crippen LogP contribution in [-0.2, 0) is 11.3 Å². The summed E-state index contributed by atoms with van der Waals surface area (Å²) in [7, 11) is 0. The fourth-order valence-corrected chi connectivity index (χ4v) is 5.61. The number of aliphatic hydroxyl groups excluding tert-OH is 1. The third kappa shape index (κ3) is 8.68. The van der Waals surface area contributed by atoms with E-state index in [1.807, 2.05) is 24.5 Å². The molecule has 1 saturated heterocycles. The van der Waals surface area contributed by atoms with Crippen LogP contribution >= 0.6 is 0 Å². The van der Waals surface area contributed by atoms with Gasteiger partial charge in [-0.15, -0.1) is 0 Å². The number of hydrogen-bond acceptors (Lipinski definition) is 10. The van der Waals surface area contributed by atoms with Crippen LogP contribution in [0.5, 0.6) is 0 Å². The SMILES string of the molecule is CC(=O)NCCCCC1C(O)NCCCNc2ncc(cn2)-c2ccnc(c2)Nc2cccc(c2)CN2CCN1CC2. The van der Waals surface area contributed by atoms with E-state index in [4.69, 9.17) is 0 Å². The minimum atomic E-state index is -0.624. The Bertz CT molecular complexity index is 1280. The molecule has 0 spiro atoms. The van der Waals surface area contributed by atoms with E-state index < -0.39 is 6.23 Å². The molecule has 0 radical (unpaired) electrons. The van der Waals surface area contributed by atoms with Crippen LogP contribution in [0.3, 0.4) is 0 Å². The number of piperazine rings is 1. The number of hydrogen-bond donors (Lipinski definition) is 5. The van der Waals surface area contributed by atoms with Crippen molar-refractivity contribution in [1.82, 2.24) is 35.4 Å². The highest BCUT2D eigenvalue weighted by molar-refractivity contribution is 5.72. The highest BCUT2D eigenvalue weighted by atomic mass is 16.3. The zero-order chi connectivity index (χ0) is 29.1. The zero-order valence-corrected chi connectivity index (χ0v) is 24.4. The summed E-state index contributed by atoms with van der Waals surface area (Å²) in [5.74, 6) is 1.35. The topological polar surface area (TPSA) is 131 Å². The molecule has 1 amide bonds. The summed E-state index contributed by atoms with van der Waals surface area (Å²) in [5, 5.41) is 24.2. The van der Waals surface area contributed by atoms with Crippen molar-refractivity contribution < 1.29 is 9.90 Å². The average Bonchev–Trinajstić information content (AvgIpc) is 2.99. The van der Waals surface area contributed by atoms with Crippen LogP contribution < -0.4 is 21.3 Å². The molecule has 5 aliphatic rings. The maximum Gasteiger partial charge on any atom is 0.222 e. The van der Waals surface area contributed by atoms with Gasteiger partial charge in [0.1, 0.15) is 12.0 Å². The van der Waals surface area contributed by atoms with Crippen LogP contribution in [0, 0.1) is 0 Å². The van der Waals surface area contributed by atoms with Crippen LogP contribution in [0.4, 0.5) is 17.5 Å². The van der Waals surface area contributed by atoms with Gasteiger partial charge in [-0.05, 0) is 67.6 Å². The molecular formula is C31H43N9O2. The maximum atomic E-state index is 11.2. The Morgan fingerprint density at radius 1 is 1.02 bits per heavy atom. The third-order valence-corrected chi connectivity index (χ3v) is 7.88. The Morgan fingerprint density at radius 2 is 1.86 bits per heavy atom. The third-order valence-electron chi connectivity index (χ3n) is 7.88. The quantitative estimate of drug-likeness (QED) is 0.291. The van der Waals surface area contributed by atoms with Gasteiger partial charge in [-0.2, -0.15) is 0 Å². The van der Waals surface area contributed by atoms with Gasteiger partial charge < -0.3 is 21.1 Å². The lowest BCUT2D eigenvalue weighted by molar-refractivity contribution is -0.118. The Hall–Kier alpha value is -3.64. The van der Waals surface area contributed by atoms with Gasteiger partial charge in [0.05, 0.1) is 0 Å². The van der Waals surface area contributed by atoms with E-state index in [1.165, 1.54) is 5.56 Å². The minimum Gasteiger partial charge on any atom is -0.377 e. The summed E-state index contributed by atoms with van der Waals surface area (Å²) in [6, 6.07) is 12.5. The van der Waals surface area contributed by atoms with E-state index in [1.54, 1.807) is 13.1 Å². The van der Waals surface area contributed by atoms with E-state index >= 15 is 0 Å². The van der Waals surface area contributed by atoms with Crippen molar-refractivity contribution in [3.05, 3.63) is 60.6 Å². The van der Waals surface area contributed by atoms with Gasteiger partial charge in [0.25, 0.3) is 0 Å². The number of benzene rings is 1. The van der Waals surface area contributed by atoms with Crippen molar-refractivity contribution in [3.63, 3.8) is 0 Å². The Labute approximate surface area is 248 Å². The molecule has 1 fully saturated rings. The molecule has 8 bridgehead atoms. The predicted molar refractivity (Wildman–Crippen MR) is 165 cm³/mol. The zero-order valence-electron chi connectivity index (χ0n) is 24.4. The first-order chi connectivity index (χ1) is 20.5. The second-order valence-corrected chi connectivity index (χ2v) is 11.1. The number of amides is 1. The molecule has 8 rings (SSSR count). The Morgan fingerprint density at radius 3 is 2.67 bits per heavy atom. The standard InChI is InChI=1S/C31H43N9O2/c1-23(41)32-10-3-2-8-28-30(42)34-11-5-12-35-31-36-20-26(21-37-31)25-9-13-33-29(19-25)38-27-7-4-6-24(18-27)22-39-14-16-40(28)17-15-39/h4,6-7,9,13,18-21,28,30,34,42H,2-3,5,8,10-12,14-17,22H2,1H3,(H,32,41)(H,33,38)(H,35,36,37). The van der Waals surface area contributed by atoms with E-state index in [9.17, 15) is 9.90 Å². The number of nitrogens with one attached hydrogen (secondary N) is 4. The van der Waals surface area contributed by atoms with E-state index in [0.29, 0.717) is 25.6 Å². The molecule has 7 heterocycles. The van der Waals surface area contributed by atoms with Gasteiger partial charge in [-0.3, -0.25) is 19.9 Å². The summed E-state index contributed by atoms with van der Waals surface area (Å²) in [5.41, 5.74) is 4.16. The fourth-order valence-electron chi connectivity index (χ4n) is 5.61. The summed E-state index contributed by atoms with van der Waals surface area (Å²) in [4.78, 5) is 29.7. The van der Waals surface area contributed by atoms with Crippen molar-refractivity contribution in [1.29, 1.82) is 0 Å². The lowest BCUT2D eigenvalue weighted by Gasteiger charge is -2.41. The van der Waals surface area contributed by atoms with Crippen molar-refractivity contribution in [2.24, 2.45) is 0 Å². The minimum absolute atomic E-state index is 0.000850. The van der Waals surface area contributed by atoms with E-state index in [-0.39, 0.29) is 11.9 Å². The number of unbranched alkanes of at least 4 members (excludes halogenated alkanes) is 1. The number of carbonyl (C=O) groups excluding carboxylic acids is 1. The van der Waals surface area contributed by atoms with Crippen molar-refractivity contribution in [3.8, 4) is 11.1 Å². The largest absolute Gasteiger partial charge is 0.377 e. The fraction of sp³-hybridized carbons (Fsp3) is 0.484. The number of anilines is 3. The molecule has 224 valence electrons. The van der Waals surface area contributed by atoms with Crippen LogP contribution in [0.15, 0.2) is 55.0 Å². The van der Waals surface area contributed by atoms with Crippen molar-refractivity contribution >= 4 is 23.4 Å². The monoisotopic (exact) mass is 573 g/mol. The van der Waals surface area contributed by atoms with Gasteiger partial charge in [0, 0.05) is 88.6 Å². The molecule has 11 heteroatoms. The molecule has 5 aliphatic heterocycles. The lowest BCUT2D eigenvalue weighted by Crippen LogP contribution is -2.56. The second kappa shape index (κ2) is 15.0. The molecule has 42 heavy (non-hydrogen) atoms. The molecule has 2 atom stereocenters. The Kier molecular flexibility index (Phi) is 10.7. The summed E-state index contributed by atoms with van der Waals surface area (Å²) < 4.78 is 0. The predicted octanol–water partition coefficient (Wildman–Crippen LogP) is 2.80. The molecule has 5 N–H and O–H groups in total. The first-order valence-corrected chi connectivity index (χ1v) is 15.0. The second-order valence-electron chi connectivity index (χ2n) is 11.1. The van der Waals surface area contributed by atoms with Crippen LogP contribution in [0.1, 0.15) is 38.2 Å². The average molecular weight is 574 g/mol. The number of rotatable bonds is 5. The molecular weight excluding hydrogens is 530 g/mol. The molecule has 2 aromatic heterocycles. The highest BCUT2D eigenvalue weighted by Gasteiger charge is 2.28. The number of pyridine rings is 1. The normalized spacial score (nSPS) is 23.0. The van der Waals surface area contributed by atoms with Gasteiger partial charge in [0.15, 0.2) is 0 Å². The smallest absolute Gasteiger partial charge is 0.222 e. The molecule has 1 aromatic carbocycles. The van der Waals surface area contributed by atoms with E-state index in [2.05, 4.69) is 70.3 Å². The van der Waals surface area contributed by atoms with Gasteiger partial charge in [-0.1, -0.05) is 12.1 Å². The van der Waals surface area contributed by atoms with Crippen LogP contribution in [-0.4, -0.2) is 93.8 Å². The van der Waals surface area contributed by atoms with Gasteiger partial charge >= 0.3 is 0 Å². The van der Waals surface area contributed by atoms with Gasteiger partial charge in [0.2, 0.25) is 11.9 Å². The number of aliphatic hydroxyl groups is 1.